The Bertz CT molecular complexity index is 506. The largest absolute Gasteiger partial charge is 0.373 e. The summed E-state index contributed by atoms with van der Waals surface area (Å²) >= 11 is 3.26. The molecule has 0 aromatic heterocycles. The molecule has 0 saturated carbocycles. The van der Waals surface area contributed by atoms with E-state index < -0.39 is 11.0 Å². The summed E-state index contributed by atoms with van der Waals surface area (Å²) in [7, 11) is 0. The zero-order valence-corrected chi connectivity index (χ0v) is 13.2. The van der Waals surface area contributed by atoms with E-state index in [1.807, 2.05) is 13.8 Å². The minimum atomic E-state index is -0.465. The molecule has 20 heavy (non-hydrogen) atoms. The quantitative estimate of drug-likeness (QED) is 0.614. The summed E-state index contributed by atoms with van der Waals surface area (Å²) in [6, 6.07) is 3.95. The number of nitrogens with zero attached hydrogens (tertiary/aromatic N) is 1. The van der Waals surface area contributed by atoms with E-state index in [4.69, 9.17) is 0 Å². The van der Waals surface area contributed by atoms with Gasteiger partial charge >= 0.3 is 0 Å². The lowest BCUT2D eigenvalue weighted by Gasteiger charge is -2.17. The number of hydrogen-bond acceptors (Lipinski definition) is 4. The van der Waals surface area contributed by atoms with Crippen LogP contribution >= 0.6 is 15.9 Å². The number of anilines is 1. The van der Waals surface area contributed by atoms with Crippen molar-refractivity contribution in [3.63, 3.8) is 0 Å². The van der Waals surface area contributed by atoms with Gasteiger partial charge in [0.15, 0.2) is 0 Å². The van der Waals surface area contributed by atoms with Crippen LogP contribution < -0.4 is 10.6 Å². The molecule has 0 bridgehead atoms. The highest BCUT2D eigenvalue weighted by molar-refractivity contribution is 9.10. The first-order chi connectivity index (χ1) is 9.31. The molecule has 1 rings (SSSR count). The second kappa shape index (κ2) is 7.23. The van der Waals surface area contributed by atoms with Crippen molar-refractivity contribution in [1.82, 2.24) is 5.32 Å². The van der Waals surface area contributed by atoms with Crippen LogP contribution in [-0.2, 0) is 4.79 Å². The number of halogens is 1. The van der Waals surface area contributed by atoms with Crippen molar-refractivity contribution >= 4 is 33.2 Å². The van der Waals surface area contributed by atoms with E-state index in [2.05, 4.69) is 26.6 Å². The first kappa shape index (κ1) is 16.4. The van der Waals surface area contributed by atoms with Gasteiger partial charge in [-0.1, -0.05) is 13.8 Å². The molecule has 0 aliphatic heterocycles. The Hall–Kier alpha value is -1.63. The highest BCUT2D eigenvalue weighted by Gasteiger charge is 2.15. The minimum Gasteiger partial charge on any atom is -0.373 e. The monoisotopic (exact) mass is 343 g/mol. The lowest BCUT2D eigenvalue weighted by Crippen LogP contribution is -2.39. The van der Waals surface area contributed by atoms with Gasteiger partial charge in [0.2, 0.25) is 5.91 Å². The van der Waals surface area contributed by atoms with Crippen LogP contribution in [0.25, 0.3) is 0 Å². The molecule has 0 aliphatic carbocycles. The number of non-ortho nitro benzene ring substituents is 1. The number of hydrogen-bond donors (Lipinski definition) is 2. The van der Waals surface area contributed by atoms with Gasteiger partial charge in [-0.15, -0.1) is 0 Å². The maximum atomic E-state index is 11.8. The third-order valence-corrected chi connectivity index (χ3v) is 3.27. The maximum absolute atomic E-state index is 11.8. The lowest BCUT2D eigenvalue weighted by atomic mass is 10.2. The molecule has 0 aliphatic rings. The van der Waals surface area contributed by atoms with Crippen LogP contribution in [-0.4, -0.2) is 23.4 Å². The first-order valence-electron chi connectivity index (χ1n) is 6.29. The standard InChI is InChI=1S/C13H18BrN3O3/c1-8(2)7-15-13(18)9(3)16-12-5-4-10(17(19)20)6-11(12)14/h4-6,8-9,16H,7H2,1-3H3,(H,15,18). The number of benzene rings is 1. The van der Waals surface area contributed by atoms with Gasteiger partial charge in [-0.05, 0) is 34.8 Å². The van der Waals surface area contributed by atoms with Crippen LogP contribution in [0.1, 0.15) is 20.8 Å². The van der Waals surface area contributed by atoms with E-state index in [0.29, 0.717) is 22.6 Å². The van der Waals surface area contributed by atoms with E-state index in [1.54, 1.807) is 13.0 Å². The molecule has 1 amide bonds. The van der Waals surface area contributed by atoms with E-state index in [1.165, 1.54) is 12.1 Å². The molecule has 1 atom stereocenters. The summed E-state index contributed by atoms with van der Waals surface area (Å²) in [5, 5.41) is 16.5. The number of nitro benzene ring substituents is 1. The topological polar surface area (TPSA) is 84.3 Å². The predicted octanol–water partition coefficient (Wildman–Crippen LogP) is 2.93. The highest BCUT2D eigenvalue weighted by atomic mass is 79.9. The fourth-order valence-corrected chi connectivity index (χ4v) is 1.97. The number of rotatable bonds is 6. The number of nitrogens with one attached hydrogen (secondary N) is 2. The molecule has 0 spiro atoms. The zero-order valence-electron chi connectivity index (χ0n) is 11.6. The van der Waals surface area contributed by atoms with Crippen LogP contribution in [0, 0.1) is 16.0 Å². The summed E-state index contributed by atoms with van der Waals surface area (Å²) in [6.45, 7) is 6.40. The van der Waals surface area contributed by atoms with Crippen LogP contribution in [0.3, 0.4) is 0 Å². The van der Waals surface area contributed by atoms with Gasteiger partial charge in [-0.3, -0.25) is 14.9 Å². The SMILES string of the molecule is CC(C)CNC(=O)C(C)Nc1ccc([N+](=O)[O-])cc1Br. The van der Waals surface area contributed by atoms with Gasteiger partial charge in [0.25, 0.3) is 5.69 Å². The van der Waals surface area contributed by atoms with Crippen molar-refractivity contribution in [2.24, 2.45) is 5.92 Å². The lowest BCUT2D eigenvalue weighted by molar-refractivity contribution is -0.384. The molecule has 2 N–H and O–H groups in total. The normalized spacial score (nSPS) is 12.1. The van der Waals surface area contributed by atoms with E-state index in [9.17, 15) is 14.9 Å². The third-order valence-electron chi connectivity index (χ3n) is 2.61. The Morgan fingerprint density at radius 3 is 2.55 bits per heavy atom. The molecule has 1 aromatic rings. The zero-order chi connectivity index (χ0) is 15.3. The Labute approximate surface area is 126 Å². The van der Waals surface area contributed by atoms with Crippen LogP contribution in [0.5, 0.6) is 0 Å². The fraction of sp³-hybridized carbons (Fsp3) is 0.462. The van der Waals surface area contributed by atoms with Crippen molar-refractivity contribution in [2.75, 3.05) is 11.9 Å². The smallest absolute Gasteiger partial charge is 0.270 e. The summed E-state index contributed by atoms with van der Waals surface area (Å²) in [5.41, 5.74) is 0.641. The molecular formula is C13H18BrN3O3. The van der Waals surface area contributed by atoms with Gasteiger partial charge < -0.3 is 10.6 Å². The van der Waals surface area contributed by atoms with E-state index in [-0.39, 0.29) is 11.6 Å². The Kier molecular flexibility index (Phi) is 5.94. The Morgan fingerprint density at radius 1 is 1.40 bits per heavy atom. The van der Waals surface area contributed by atoms with Crippen molar-refractivity contribution in [3.05, 3.63) is 32.8 Å². The predicted molar refractivity (Wildman–Crippen MR) is 81.7 cm³/mol. The molecule has 0 fully saturated rings. The van der Waals surface area contributed by atoms with Gasteiger partial charge in [0.05, 0.1) is 4.92 Å². The molecule has 0 heterocycles. The van der Waals surface area contributed by atoms with Gasteiger partial charge in [-0.2, -0.15) is 0 Å². The Balaban J connectivity index is 2.68. The number of carbonyl (C=O) groups is 1. The molecule has 0 radical (unpaired) electrons. The fourth-order valence-electron chi connectivity index (χ4n) is 1.49. The van der Waals surface area contributed by atoms with Crippen LogP contribution in [0.4, 0.5) is 11.4 Å². The molecule has 110 valence electrons. The average molecular weight is 344 g/mol. The number of carbonyl (C=O) groups excluding carboxylic acids is 1. The third kappa shape index (κ3) is 4.80. The summed E-state index contributed by atoms with van der Waals surface area (Å²) in [6.07, 6.45) is 0. The summed E-state index contributed by atoms with van der Waals surface area (Å²) in [4.78, 5) is 22.0. The van der Waals surface area contributed by atoms with Gasteiger partial charge in [0.1, 0.15) is 6.04 Å². The second-order valence-corrected chi connectivity index (χ2v) is 5.78. The maximum Gasteiger partial charge on any atom is 0.270 e. The second-order valence-electron chi connectivity index (χ2n) is 4.93. The highest BCUT2D eigenvalue weighted by Crippen LogP contribution is 2.27. The van der Waals surface area contributed by atoms with Crippen LogP contribution in [0.15, 0.2) is 22.7 Å². The summed E-state index contributed by atoms with van der Waals surface area (Å²) in [5.74, 6) is 0.279. The first-order valence-corrected chi connectivity index (χ1v) is 7.08. The van der Waals surface area contributed by atoms with Crippen molar-refractivity contribution in [3.8, 4) is 0 Å². The molecule has 1 unspecified atom stereocenters. The van der Waals surface area contributed by atoms with Crippen LogP contribution in [0.2, 0.25) is 0 Å². The number of amides is 1. The molecular weight excluding hydrogens is 326 g/mol. The van der Waals surface area contributed by atoms with E-state index >= 15 is 0 Å². The van der Waals surface area contributed by atoms with Gasteiger partial charge in [-0.25, -0.2) is 0 Å². The van der Waals surface area contributed by atoms with Crippen molar-refractivity contribution in [1.29, 1.82) is 0 Å². The average Bonchev–Trinajstić information content (AvgIpc) is 2.37. The Morgan fingerprint density at radius 2 is 2.05 bits per heavy atom. The molecule has 7 heteroatoms. The molecule has 6 nitrogen and oxygen atoms in total. The van der Waals surface area contributed by atoms with Crippen molar-refractivity contribution in [2.45, 2.75) is 26.8 Å². The number of nitro groups is 1. The molecule has 1 aromatic carbocycles. The van der Waals surface area contributed by atoms with Gasteiger partial charge in [0, 0.05) is 28.8 Å². The van der Waals surface area contributed by atoms with Crippen molar-refractivity contribution < 1.29 is 9.72 Å². The minimum absolute atomic E-state index is 0.000614. The molecule has 0 saturated heterocycles. The summed E-state index contributed by atoms with van der Waals surface area (Å²) < 4.78 is 0.551. The van der Waals surface area contributed by atoms with E-state index in [0.717, 1.165) is 0 Å².